The quantitative estimate of drug-likeness (QED) is 0.794. The Morgan fingerprint density at radius 3 is 2.69 bits per heavy atom. The van der Waals surface area contributed by atoms with Crippen molar-refractivity contribution in [2.24, 2.45) is 5.92 Å². The zero-order chi connectivity index (χ0) is 11.5. The van der Waals surface area contributed by atoms with Crippen LogP contribution >= 0.6 is 11.6 Å². The number of piperidine rings is 1. The van der Waals surface area contributed by atoms with Crippen LogP contribution in [0.4, 0.5) is 5.82 Å². The van der Waals surface area contributed by atoms with Gasteiger partial charge in [0.1, 0.15) is 17.3 Å². The third-order valence-corrected chi connectivity index (χ3v) is 2.99. The van der Waals surface area contributed by atoms with Crippen LogP contribution in [0, 0.1) is 5.92 Å². The zero-order valence-corrected chi connectivity index (χ0v) is 9.39. The number of carboxylic acid groups (broad SMARTS) is 1. The van der Waals surface area contributed by atoms with Crippen molar-refractivity contribution in [3.05, 3.63) is 17.5 Å². The molecule has 0 amide bonds. The van der Waals surface area contributed by atoms with Crippen molar-refractivity contribution in [2.75, 3.05) is 18.0 Å². The Kier molecular flexibility index (Phi) is 3.24. The van der Waals surface area contributed by atoms with Crippen LogP contribution in [0.5, 0.6) is 0 Å². The van der Waals surface area contributed by atoms with E-state index in [1.807, 2.05) is 4.90 Å². The van der Waals surface area contributed by atoms with E-state index in [2.05, 4.69) is 9.97 Å². The lowest BCUT2D eigenvalue weighted by Gasteiger charge is -2.30. The molecule has 1 fully saturated rings. The lowest BCUT2D eigenvalue weighted by molar-refractivity contribution is -0.142. The van der Waals surface area contributed by atoms with E-state index in [1.165, 1.54) is 6.33 Å². The monoisotopic (exact) mass is 241 g/mol. The van der Waals surface area contributed by atoms with Gasteiger partial charge in [0.15, 0.2) is 0 Å². The maximum atomic E-state index is 10.8. The normalized spacial score (nSPS) is 17.4. The van der Waals surface area contributed by atoms with Crippen LogP contribution in [0.15, 0.2) is 12.4 Å². The van der Waals surface area contributed by atoms with E-state index in [9.17, 15) is 4.79 Å². The first-order valence-electron chi connectivity index (χ1n) is 5.12. The van der Waals surface area contributed by atoms with Gasteiger partial charge in [-0.25, -0.2) is 9.97 Å². The van der Waals surface area contributed by atoms with E-state index >= 15 is 0 Å². The van der Waals surface area contributed by atoms with E-state index in [1.54, 1.807) is 6.07 Å². The molecule has 1 aromatic heterocycles. The molecule has 5 nitrogen and oxygen atoms in total. The van der Waals surface area contributed by atoms with Crippen molar-refractivity contribution in [3.63, 3.8) is 0 Å². The highest BCUT2D eigenvalue weighted by molar-refractivity contribution is 6.29. The van der Waals surface area contributed by atoms with Crippen LogP contribution in [0.1, 0.15) is 12.8 Å². The fraction of sp³-hybridized carbons (Fsp3) is 0.500. The third kappa shape index (κ3) is 2.41. The second kappa shape index (κ2) is 4.65. The number of hydrogen-bond acceptors (Lipinski definition) is 4. The highest BCUT2D eigenvalue weighted by Gasteiger charge is 2.25. The average molecular weight is 242 g/mol. The van der Waals surface area contributed by atoms with Gasteiger partial charge in [-0.1, -0.05) is 11.6 Å². The number of aromatic nitrogens is 2. The zero-order valence-electron chi connectivity index (χ0n) is 8.64. The summed E-state index contributed by atoms with van der Waals surface area (Å²) in [6.07, 6.45) is 2.72. The fourth-order valence-corrected chi connectivity index (χ4v) is 1.99. The number of halogens is 1. The van der Waals surface area contributed by atoms with Gasteiger partial charge in [0.25, 0.3) is 0 Å². The average Bonchev–Trinajstić information content (AvgIpc) is 2.29. The second-order valence-corrected chi connectivity index (χ2v) is 4.19. The van der Waals surface area contributed by atoms with Gasteiger partial charge in [-0.05, 0) is 12.8 Å². The summed E-state index contributed by atoms with van der Waals surface area (Å²) in [5.41, 5.74) is 0. The van der Waals surface area contributed by atoms with Gasteiger partial charge in [-0.2, -0.15) is 0 Å². The maximum absolute atomic E-state index is 10.8. The van der Waals surface area contributed by atoms with Crippen LogP contribution in [-0.2, 0) is 4.79 Å². The molecule has 1 saturated heterocycles. The smallest absolute Gasteiger partial charge is 0.306 e. The van der Waals surface area contributed by atoms with Gasteiger partial charge in [0, 0.05) is 19.2 Å². The molecule has 2 heterocycles. The number of anilines is 1. The lowest BCUT2D eigenvalue weighted by Crippen LogP contribution is -2.36. The molecule has 16 heavy (non-hydrogen) atoms. The maximum Gasteiger partial charge on any atom is 0.306 e. The summed E-state index contributed by atoms with van der Waals surface area (Å²) < 4.78 is 0. The molecule has 1 aliphatic rings. The molecule has 0 atom stereocenters. The molecule has 0 aromatic carbocycles. The summed E-state index contributed by atoms with van der Waals surface area (Å²) in [5.74, 6) is -0.169. The van der Waals surface area contributed by atoms with E-state index in [4.69, 9.17) is 16.7 Å². The Hall–Kier alpha value is -1.36. The number of hydrogen-bond donors (Lipinski definition) is 1. The standard InChI is InChI=1S/C10H12ClN3O2/c11-8-5-9(13-6-12-8)14-3-1-7(2-4-14)10(15)16/h5-7H,1-4H2,(H,15,16). The molecule has 0 aliphatic carbocycles. The summed E-state index contributed by atoms with van der Waals surface area (Å²) in [6.45, 7) is 1.40. The van der Waals surface area contributed by atoms with Gasteiger partial charge < -0.3 is 10.0 Å². The molecular formula is C10H12ClN3O2. The molecule has 1 aromatic rings. The van der Waals surface area contributed by atoms with Gasteiger partial charge >= 0.3 is 5.97 Å². The van der Waals surface area contributed by atoms with Gasteiger partial charge in [0.05, 0.1) is 5.92 Å². The minimum atomic E-state index is -0.708. The van der Waals surface area contributed by atoms with Crippen molar-refractivity contribution in [1.29, 1.82) is 0 Å². The number of aliphatic carboxylic acids is 1. The van der Waals surface area contributed by atoms with Crippen molar-refractivity contribution in [2.45, 2.75) is 12.8 Å². The number of rotatable bonds is 2. The predicted octanol–water partition coefficient (Wildman–Crippen LogP) is 1.43. The van der Waals surface area contributed by atoms with Crippen LogP contribution in [0.2, 0.25) is 5.15 Å². The SMILES string of the molecule is O=C(O)C1CCN(c2cc(Cl)ncn2)CC1. The minimum Gasteiger partial charge on any atom is -0.481 e. The summed E-state index contributed by atoms with van der Waals surface area (Å²) in [6, 6.07) is 1.70. The largest absolute Gasteiger partial charge is 0.481 e. The van der Waals surface area contributed by atoms with Crippen LogP contribution in [-0.4, -0.2) is 34.1 Å². The Morgan fingerprint density at radius 1 is 1.44 bits per heavy atom. The predicted molar refractivity (Wildman–Crippen MR) is 59.6 cm³/mol. The van der Waals surface area contributed by atoms with Crippen molar-refractivity contribution < 1.29 is 9.90 Å². The molecule has 0 bridgehead atoms. The molecule has 1 aliphatic heterocycles. The number of carboxylic acids is 1. The summed E-state index contributed by atoms with van der Waals surface area (Å²) in [5, 5.41) is 9.28. The summed E-state index contributed by atoms with van der Waals surface area (Å²) in [7, 11) is 0. The fourth-order valence-electron chi connectivity index (χ4n) is 1.85. The Morgan fingerprint density at radius 2 is 2.12 bits per heavy atom. The highest BCUT2D eigenvalue weighted by Crippen LogP contribution is 2.22. The molecule has 0 spiro atoms. The van der Waals surface area contributed by atoms with Crippen molar-refractivity contribution in [1.82, 2.24) is 9.97 Å². The first kappa shape index (κ1) is 11.1. The van der Waals surface area contributed by atoms with Gasteiger partial charge in [0.2, 0.25) is 0 Å². The molecular weight excluding hydrogens is 230 g/mol. The van der Waals surface area contributed by atoms with Crippen molar-refractivity contribution in [3.8, 4) is 0 Å². The van der Waals surface area contributed by atoms with Crippen LogP contribution < -0.4 is 4.90 Å². The van der Waals surface area contributed by atoms with Crippen molar-refractivity contribution >= 4 is 23.4 Å². The molecule has 6 heteroatoms. The lowest BCUT2D eigenvalue weighted by atomic mass is 9.97. The topological polar surface area (TPSA) is 66.3 Å². The molecule has 0 radical (unpaired) electrons. The Labute approximate surface area is 98.1 Å². The third-order valence-electron chi connectivity index (χ3n) is 2.79. The first-order chi connectivity index (χ1) is 7.66. The van der Waals surface area contributed by atoms with E-state index in [-0.39, 0.29) is 5.92 Å². The molecule has 0 unspecified atom stereocenters. The molecule has 0 saturated carbocycles. The number of nitrogens with zero attached hydrogens (tertiary/aromatic N) is 3. The highest BCUT2D eigenvalue weighted by atomic mass is 35.5. The first-order valence-corrected chi connectivity index (χ1v) is 5.50. The van der Waals surface area contributed by atoms with Gasteiger partial charge in [-0.15, -0.1) is 0 Å². The Balaban J connectivity index is 2.01. The van der Waals surface area contributed by atoms with Crippen LogP contribution in [0.3, 0.4) is 0 Å². The summed E-state index contributed by atoms with van der Waals surface area (Å²) >= 11 is 5.77. The van der Waals surface area contributed by atoms with E-state index in [0.717, 1.165) is 5.82 Å². The van der Waals surface area contributed by atoms with E-state index < -0.39 is 5.97 Å². The second-order valence-electron chi connectivity index (χ2n) is 3.80. The molecule has 1 N–H and O–H groups in total. The molecule has 2 rings (SSSR count). The summed E-state index contributed by atoms with van der Waals surface area (Å²) in [4.78, 5) is 20.7. The molecule has 86 valence electrons. The number of carbonyl (C=O) groups is 1. The van der Waals surface area contributed by atoms with Gasteiger partial charge in [-0.3, -0.25) is 4.79 Å². The minimum absolute atomic E-state index is 0.228. The Bertz CT molecular complexity index is 391. The van der Waals surface area contributed by atoms with Crippen LogP contribution in [0.25, 0.3) is 0 Å². The van der Waals surface area contributed by atoms with E-state index in [0.29, 0.717) is 31.1 Å².